The van der Waals surface area contributed by atoms with Gasteiger partial charge in [-0.05, 0) is 13.8 Å². The molecule has 0 heterocycles. The molecule has 80 valence electrons. The van der Waals surface area contributed by atoms with Crippen molar-refractivity contribution < 1.29 is 22.0 Å². The number of nitrogens with one attached hydrogen (secondary N) is 1. The van der Waals surface area contributed by atoms with Crippen molar-refractivity contribution in [1.82, 2.24) is 4.49 Å². The Hall–Kier alpha value is 0.0600. The van der Waals surface area contributed by atoms with Gasteiger partial charge in [0.05, 0.1) is 5.25 Å². The van der Waals surface area contributed by atoms with Crippen molar-refractivity contribution >= 4 is 17.8 Å². The lowest BCUT2D eigenvalue weighted by molar-refractivity contribution is 0.272. The summed E-state index contributed by atoms with van der Waals surface area (Å²) in [6.45, 7) is 2.91. The SMILES string of the molecule is COP(=O)(NS(=O)(=O)C(C)C)OC. The summed E-state index contributed by atoms with van der Waals surface area (Å²) in [5.74, 6) is 0. The van der Waals surface area contributed by atoms with Crippen molar-refractivity contribution in [3.63, 3.8) is 0 Å². The minimum absolute atomic E-state index is 0.689. The Labute approximate surface area is 78.3 Å². The molecule has 6 nitrogen and oxygen atoms in total. The Morgan fingerprint density at radius 1 is 1.23 bits per heavy atom. The van der Waals surface area contributed by atoms with Crippen LogP contribution in [-0.2, 0) is 23.6 Å². The van der Waals surface area contributed by atoms with Gasteiger partial charge in [-0.3, -0.25) is 9.05 Å². The van der Waals surface area contributed by atoms with Gasteiger partial charge in [-0.15, -0.1) is 4.49 Å². The molecule has 0 saturated carbocycles. The number of hydrogen-bond acceptors (Lipinski definition) is 5. The minimum Gasteiger partial charge on any atom is -0.299 e. The van der Waals surface area contributed by atoms with E-state index in [9.17, 15) is 13.0 Å². The summed E-state index contributed by atoms with van der Waals surface area (Å²) in [5.41, 5.74) is 0. The van der Waals surface area contributed by atoms with Crippen LogP contribution < -0.4 is 4.49 Å². The molecule has 0 aromatic carbocycles. The summed E-state index contributed by atoms with van der Waals surface area (Å²) in [6.07, 6.45) is 0. The summed E-state index contributed by atoms with van der Waals surface area (Å²) in [5, 5.41) is -0.689. The molecule has 0 aliphatic rings. The van der Waals surface area contributed by atoms with Crippen LogP contribution in [0.25, 0.3) is 0 Å². The zero-order valence-corrected chi connectivity index (χ0v) is 9.68. The summed E-state index contributed by atoms with van der Waals surface area (Å²) in [6, 6.07) is 0. The van der Waals surface area contributed by atoms with Gasteiger partial charge in [0.1, 0.15) is 0 Å². The Balaban J connectivity index is 4.71. The van der Waals surface area contributed by atoms with Crippen molar-refractivity contribution in [1.29, 1.82) is 0 Å². The third kappa shape index (κ3) is 3.74. The van der Waals surface area contributed by atoms with Crippen LogP contribution >= 0.6 is 7.75 Å². The van der Waals surface area contributed by atoms with Crippen molar-refractivity contribution in [2.45, 2.75) is 19.1 Å². The van der Waals surface area contributed by atoms with E-state index in [4.69, 9.17) is 0 Å². The highest BCUT2D eigenvalue weighted by Gasteiger charge is 2.30. The maximum absolute atomic E-state index is 11.3. The van der Waals surface area contributed by atoms with Gasteiger partial charge in [0, 0.05) is 14.2 Å². The zero-order valence-electron chi connectivity index (χ0n) is 7.97. The van der Waals surface area contributed by atoms with Crippen LogP contribution in [0.1, 0.15) is 13.8 Å². The molecule has 0 bridgehead atoms. The minimum atomic E-state index is -3.69. The van der Waals surface area contributed by atoms with Crippen molar-refractivity contribution in [2.75, 3.05) is 14.2 Å². The van der Waals surface area contributed by atoms with E-state index in [1.807, 2.05) is 4.49 Å². The molecule has 0 spiro atoms. The largest absolute Gasteiger partial charge is 0.418 e. The lowest BCUT2D eigenvalue weighted by atomic mass is 10.6. The van der Waals surface area contributed by atoms with E-state index in [0.717, 1.165) is 14.2 Å². The molecule has 0 atom stereocenters. The fourth-order valence-corrected chi connectivity index (χ4v) is 3.25. The summed E-state index contributed by atoms with van der Waals surface area (Å²) < 4.78 is 44.5. The number of hydrogen-bond donors (Lipinski definition) is 1. The fourth-order valence-electron chi connectivity index (χ4n) is 0.410. The first-order valence-corrected chi connectivity index (χ1v) is 6.60. The summed E-state index contributed by atoms with van der Waals surface area (Å²) >= 11 is 0. The first-order valence-electron chi connectivity index (χ1n) is 3.52. The number of rotatable bonds is 5. The third-order valence-corrected chi connectivity index (χ3v) is 5.46. The smallest absolute Gasteiger partial charge is 0.299 e. The van der Waals surface area contributed by atoms with Gasteiger partial charge in [-0.2, -0.15) is 0 Å². The molecule has 0 aliphatic carbocycles. The highest BCUT2D eigenvalue weighted by molar-refractivity contribution is 7.95. The van der Waals surface area contributed by atoms with Gasteiger partial charge in [0.2, 0.25) is 10.0 Å². The second kappa shape index (κ2) is 4.52. The molecule has 0 fully saturated rings. The van der Waals surface area contributed by atoms with Gasteiger partial charge in [0.25, 0.3) is 0 Å². The zero-order chi connectivity index (χ0) is 10.7. The van der Waals surface area contributed by atoms with Gasteiger partial charge < -0.3 is 0 Å². The Morgan fingerprint density at radius 3 is 1.85 bits per heavy atom. The van der Waals surface area contributed by atoms with Gasteiger partial charge in [-0.25, -0.2) is 13.0 Å². The van der Waals surface area contributed by atoms with Crippen molar-refractivity contribution in [3.8, 4) is 0 Å². The molecule has 0 amide bonds. The van der Waals surface area contributed by atoms with Crippen LogP contribution in [0, 0.1) is 0 Å². The van der Waals surface area contributed by atoms with Crippen LogP contribution in [-0.4, -0.2) is 27.9 Å². The molecular formula is C5H14NO5PS. The van der Waals surface area contributed by atoms with E-state index >= 15 is 0 Å². The monoisotopic (exact) mass is 231 g/mol. The van der Waals surface area contributed by atoms with E-state index in [2.05, 4.69) is 9.05 Å². The van der Waals surface area contributed by atoms with Crippen LogP contribution in [0.4, 0.5) is 0 Å². The molecule has 8 heteroatoms. The molecular weight excluding hydrogens is 217 g/mol. The van der Waals surface area contributed by atoms with Gasteiger partial charge in [0.15, 0.2) is 0 Å². The highest BCUT2D eigenvalue weighted by atomic mass is 32.2. The standard InChI is InChI=1S/C5H14NO5PS/c1-5(2)13(8,9)6-12(7,10-3)11-4/h5H,1-4H3,(H,6,7). The van der Waals surface area contributed by atoms with Crippen molar-refractivity contribution in [2.24, 2.45) is 0 Å². The van der Waals surface area contributed by atoms with E-state index in [-0.39, 0.29) is 0 Å². The Morgan fingerprint density at radius 2 is 1.62 bits per heavy atom. The van der Waals surface area contributed by atoms with Crippen LogP contribution in [0.3, 0.4) is 0 Å². The Kier molecular flexibility index (Phi) is 4.54. The van der Waals surface area contributed by atoms with Crippen LogP contribution in [0.15, 0.2) is 0 Å². The molecule has 0 saturated heterocycles. The predicted molar refractivity (Wildman–Crippen MR) is 48.8 cm³/mol. The normalized spacial score (nSPS) is 13.6. The first kappa shape index (κ1) is 13.1. The summed E-state index contributed by atoms with van der Waals surface area (Å²) in [7, 11) is -5.13. The molecule has 0 aromatic heterocycles. The molecule has 1 N–H and O–H groups in total. The lowest BCUT2D eigenvalue weighted by Crippen LogP contribution is -2.29. The lowest BCUT2D eigenvalue weighted by Gasteiger charge is -2.16. The average molecular weight is 231 g/mol. The Bertz CT molecular complexity index is 290. The van der Waals surface area contributed by atoms with E-state index in [1.165, 1.54) is 13.8 Å². The van der Waals surface area contributed by atoms with E-state index in [1.54, 1.807) is 0 Å². The maximum atomic E-state index is 11.3. The second-order valence-electron chi connectivity index (χ2n) is 2.55. The van der Waals surface area contributed by atoms with Crippen molar-refractivity contribution in [3.05, 3.63) is 0 Å². The van der Waals surface area contributed by atoms with E-state index < -0.39 is 23.0 Å². The molecule has 0 aliphatic heterocycles. The molecule has 0 radical (unpaired) electrons. The molecule has 13 heavy (non-hydrogen) atoms. The first-order chi connectivity index (χ1) is 5.77. The molecule has 0 rings (SSSR count). The quantitative estimate of drug-likeness (QED) is 0.705. The third-order valence-electron chi connectivity index (χ3n) is 1.34. The summed E-state index contributed by atoms with van der Waals surface area (Å²) in [4.78, 5) is 0. The molecule has 0 aromatic rings. The average Bonchev–Trinajstić information content (AvgIpc) is 2.03. The van der Waals surface area contributed by atoms with E-state index in [0.29, 0.717) is 0 Å². The van der Waals surface area contributed by atoms with Gasteiger partial charge in [-0.1, -0.05) is 0 Å². The van der Waals surface area contributed by atoms with Crippen LogP contribution in [0.2, 0.25) is 0 Å². The highest BCUT2D eigenvalue weighted by Crippen LogP contribution is 2.42. The second-order valence-corrected chi connectivity index (χ2v) is 7.04. The van der Waals surface area contributed by atoms with Gasteiger partial charge >= 0.3 is 7.75 Å². The maximum Gasteiger partial charge on any atom is 0.418 e. The predicted octanol–water partition coefficient (Wildman–Crippen LogP) is 0.715. The van der Waals surface area contributed by atoms with Crippen LogP contribution in [0.5, 0.6) is 0 Å². The molecule has 0 unspecified atom stereocenters. The number of sulfonamides is 1. The fraction of sp³-hybridized carbons (Fsp3) is 1.00. The topological polar surface area (TPSA) is 81.7 Å².